The Morgan fingerprint density at radius 2 is 0.924 bits per heavy atom. The van der Waals surface area contributed by atoms with Crippen LogP contribution in [0.3, 0.4) is 0 Å². The molecule has 15 N–H and O–H groups in total. The lowest BCUT2D eigenvalue weighted by molar-refractivity contribution is -0.145. The van der Waals surface area contributed by atoms with E-state index in [0.717, 1.165) is 13.8 Å². The fourth-order valence-electron chi connectivity index (χ4n) is 6.38. The van der Waals surface area contributed by atoms with Gasteiger partial charge in [-0.25, -0.2) is 4.79 Å². The molecule has 0 radical (unpaired) electrons. The van der Waals surface area contributed by atoms with E-state index in [2.05, 4.69) is 37.2 Å². The van der Waals surface area contributed by atoms with Gasteiger partial charge in [-0.05, 0) is 62.8 Å². The van der Waals surface area contributed by atoms with E-state index >= 15 is 0 Å². The lowest BCUT2D eigenvalue weighted by Gasteiger charge is -2.29. The number of hydrogen-bond acceptors (Lipinski definition) is 14. The van der Waals surface area contributed by atoms with Crippen molar-refractivity contribution < 1.29 is 73.8 Å². The number of rotatable bonds is 27. The van der Waals surface area contributed by atoms with Crippen molar-refractivity contribution in [3.05, 3.63) is 65.7 Å². The van der Waals surface area contributed by atoms with Gasteiger partial charge in [-0.3, -0.25) is 38.4 Å². The highest BCUT2D eigenvalue weighted by molar-refractivity contribution is 5.98. The van der Waals surface area contributed by atoms with Crippen molar-refractivity contribution in [3.8, 4) is 5.75 Å². The molecule has 66 heavy (non-hydrogen) atoms. The van der Waals surface area contributed by atoms with Crippen molar-refractivity contribution in [2.75, 3.05) is 6.54 Å². The number of hydrogen-bond donors (Lipinski definition) is 14. The Kier molecular flexibility index (Phi) is 22.6. The molecule has 0 saturated heterocycles. The molecule has 0 aliphatic carbocycles. The van der Waals surface area contributed by atoms with Crippen LogP contribution in [0.15, 0.2) is 54.6 Å². The fraction of sp³-hybridized carbons (Fsp3) is 0.512. The van der Waals surface area contributed by atoms with Gasteiger partial charge in [0.05, 0.1) is 24.9 Å². The van der Waals surface area contributed by atoms with Crippen LogP contribution in [0.25, 0.3) is 0 Å². The molecule has 0 unspecified atom stereocenters. The Morgan fingerprint density at radius 1 is 0.515 bits per heavy atom. The number of phenolic OH excluding ortho intramolecular Hbond substituents is 1. The summed E-state index contributed by atoms with van der Waals surface area (Å²) in [5, 5.41) is 76.5. The van der Waals surface area contributed by atoms with Crippen LogP contribution in [-0.2, 0) is 56.0 Å². The van der Waals surface area contributed by atoms with Crippen LogP contribution < -0.4 is 43.0 Å². The highest BCUT2D eigenvalue weighted by Gasteiger charge is 2.37. The highest BCUT2D eigenvalue weighted by atomic mass is 16.4. The molecule has 23 nitrogen and oxygen atoms in total. The molecule has 23 heteroatoms. The molecule has 0 fully saturated rings. The van der Waals surface area contributed by atoms with E-state index in [1.807, 2.05) is 0 Å². The van der Waals surface area contributed by atoms with E-state index in [4.69, 9.17) is 5.73 Å². The van der Waals surface area contributed by atoms with Gasteiger partial charge in [0.2, 0.25) is 41.4 Å². The Labute approximate surface area is 380 Å². The predicted molar refractivity (Wildman–Crippen MR) is 234 cm³/mol. The first-order valence-electron chi connectivity index (χ1n) is 21.1. The summed E-state index contributed by atoms with van der Waals surface area (Å²) in [6.07, 6.45) is -6.58. The minimum absolute atomic E-state index is 0.104. The zero-order chi connectivity index (χ0) is 49.8. The van der Waals surface area contributed by atoms with Crippen LogP contribution >= 0.6 is 0 Å². The van der Waals surface area contributed by atoms with Crippen LogP contribution in [0.1, 0.15) is 65.0 Å². The first-order valence-corrected chi connectivity index (χ1v) is 21.1. The molecule has 2 aromatic carbocycles. The normalized spacial score (nSPS) is 15.7. The third-order valence-electron chi connectivity index (χ3n) is 9.92. The maximum absolute atomic E-state index is 14.0. The highest BCUT2D eigenvalue weighted by Crippen LogP contribution is 2.14. The van der Waals surface area contributed by atoms with Crippen LogP contribution in [0, 0.1) is 5.92 Å². The molecule has 0 bridgehead atoms. The number of carboxylic acids is 2. The first-order chi connectivity index (χ1) is 30.9. The van der Waals surface area contributed by atoms with E-state index in [0.29, 0.717) is 11.1 Å². The molecule has 2 aromatic rings. The number of carboxylic acid groups (broad SMARTS) is 2. The van der Waals surface area contributed by atoms with Crippen LogP contribution in [0.5, 0.6) is 5.75 Å². The fourth-order valence-corrected chi connectivity index (χ4v) is 6.38. The number of carbonyl (C=O) groups is 9. The van der Waals surface area contributed by atoms with Crippen molar-refractivity contribution in [2.24, 2.45) is 11.7 Å². The van der Waals surface area contributed by atoms with E-state index in [-0.39, 0.29) is 30.9 Å². The van der Waals surface area contributed by atoms with E-state index < -0.39 is 133 Å². The van der Waals surface area contributed by atoms with Crippen molar-refractivity contribution >= 4 is 53.3 Å². The zero-order valence-electron chi connectivity index (χ0n) is 37.2. The minimum atomic E-state index is -1.89. The van der Waals surface area contributed by atoms with Crippen LogP contribution in [0.2, 0.25) is 0 Å². The van der Waals surface area contributed by atoms with Crippen molar-refractivity contribution in [2.45, 2.75) is 127 Å². The monoisotopic (exact) mass is 930 g/mol. The maximum Gasteiger partial charge on any atom is 0.328 e. The van der Waals surface area contributed by atoms with Crippen molar-refractivity contribution in [1.29, 1.82) is 0 Å². The van der Waals surface area contributed by atoms with Gasteiger partial charge in [0.1, 0.15) is 42.0 Å². The third-order valence-corrected chi connectivity index (χ3v) is 9.92. The molecule has 0 spiro atoms. The topological polar surface area (TPSA) is 385 Å². The van der Waals surface area contributed by atoms with Gasteiger partial charge >= 0.3 is 11.9 Å². The lowest BCUT2D eigenvalue weighted by Crippen LogP contribution is -2.63. The van der Waals surface area contributed by atoms with E-state index in [9.17, 15) is 73.8 Å². The SMILES string of the molecule is CC(C)C[C@H](NC(=O)CN)C(=O)N[C@H](C(=O)N[C@@H](Cc1ccccc1)C(=O)N[C@H](C(=O)N[C@@H](CCC(=O)O)C(=O)N[C@@H](Cc1ccc(O)cc1)C(=O)N[C@H](C(=O)O)[C@@H](C)O)[C@@H](C)O)[C@@H](C)O. The second-order valence-electron chi connectivity index (χ2n) is 16.1. The zero-order valence-corrected chi connectivity index (χ0v) is 37.2. The number of nitrogens with one attached hydrogen (secondary N) is 7. The van der Waals surface area contributed by atoms with Gasteiger partial charge < -0.3 is 73.6 Å². The second kappa shape index (κ2) is 26.9. The molecule has 0 aliphatic rings. The average Bonchev–Trinajstić information content (AvgIpc) is 3.24. The van der Waals surface area contributed by atoms with Gasteiger partial charge in [0.15, 0.2) is 6.04 Å². The number of aliphatic hydroxyl groups excluding tert-OH is 3. The summed E-state index contributed by atoms with van der Waals surface area (Å²) in [5.41, 5.74) is 6.25. The lowest BCUT2D eigenvalue weighted by atomic mass is 10.0. The van der Waals surface area contributed by atoms with E-state index in [1.165, 1.54) is 31.2 Å². The predicted octanol–water partition coefficient (Wildman–Crippen LogP) is -3.33. The molecule has 0 saturated carbocycles. The molecular formula is C43H62N8O15. The number of aliphatic carboxylic acids is 2. The second-order valence-corrected chi connectivity index (χ2v) is 16.1. The Hall–Kier alpha value is -6.69. The molecule has 7 amide bonds. The molecule has 364 valence electrons. The van der Waals surface area contributed by atoms with Crippen molar-refractivity contribution in [1.82, 2.24) is 37.2 Å². The number of nitrogens with two attached hydrogens (primary N) is 1. The summed E-state index contributed by atoms with van der Waals surface area (Å²) in [7, 11) is 0. The quantitative estimate of drug-likeness (QED) is 0.0417. The molecule has 0 aliphatic heterocycles. The van der Waals surface area contributed by atoms with Crippen molar-refractivity contribution in [3.63, 3.8) is 0 Å². The Bertz CT molecular complexity index is 1980. The number of carbonyl (C=O) groups excluding carboxylic acids is 7. The number of phenols is 1. The van der Waals surface area contributed by atoms with E-state index in [1.54, 1.807) is 44.2 Å². The van der Waals surface area contributed by atoms with Gasteiger partial charge in [0.25, 0.3) is 0 Å². The molecule has 0 aromatic heterocycles. The maximum atomic E-state index is 14.0. The summed E-state index contributed by atoms with van der Waals surface area (Å²) in [6.45, 7) is 6.54. The number of amides is 7. The summed E-state index contributed by atoms with van der Waals surface area (Å²) < 4.78 is 0. The third kappa shape index (κ3) is 18.8. The Morgan fingerprint density at radius 3 is 1.35 bits per heavy atom. The number of benzene rings is 2. The average molecular weight is 931 g/mol. The van der Waals surface area contributed by atoms with Crippen LogP contribution in [0.4, 0.5) is 0 Å². The standard InChI is InChI=1S/C43H62N8O15/c1-21(2)17-29(45-32(56)20-44)38(60)49-35(23(4)53)42(64)48-31(18-25-9-7-6-8-10-25)39(61)50-34(22(3)52)41(63)46-28(15-16-33(57)58)37(59)47-30(19-26-11-13-27(55)14-12-26)40(62)51-36(24(5)54)43(65)66/h6-14,21-24,28-31,34-36,52-55H,15-20,44H2,1-5H3,(H,45,56)(H,46,63)(H,47,59)(H,48,64)(H,49,60)(H,50,61)(H,51,62)(H,57,58)(H,65,66)/t22-,23-,24-,28+,29+,30+,31+,34+,35+,36+/m1/s1. The van der Waals surface area contributed by atoms with Gasteiger partial charge in [-0.1, -0.05) is 56.3 Å². The van der Waals surface area contributed by atoms with Crippen LogP contribution in [-0.4, -0.2) is 151 Å². The molecule has 10 atom stereocenters. The Balaban J connectivity index is 2.45. The summed E-state index contributed by atoms with van der Waals surface area (Å²) in [4.78, 5) is 118. The molecule has 0 heterocycles. The number of aliphatic hydroxyl groups is 3. The minimum Gasteiger partial charge on any atom is -0.508 e. The van der Waals surface area contributed by atoms with Gasteiger partial charge in [-0.2, -0.15) is 0 Å². The smallest absolute Gasteiger partial charge is 0.328 e. The largest absolute Gasteiger partial charge is 0.508 e. The van der Waals surface area contributed by atoms with Gasteiger partial charge in [0, 0.05) is 19.3 Å². The first kappa shape index (κ1) is 55.4. The number of aromatic hydroxyl groups is 1. The summed E-state index contributed by atoms with van der Waals surface area (Å²) in [5.74, 6) is -10.3. The summed E-state index contributed by atoms with van der Waals surface area (Å²) >= 11 is 0. The molecule has 2 rings (SSSR count). The summed E-state index contributed by atoms with van der Waals surface area (Å²) in [6, 6.07) is 2.07. The van der Waals surface area contributed by atoms with Gasteiger partial charge in [-0.15, -0.1) is 0 Å². The molecular weight excluding hydrogens is 869 g/mol.